The van der Waals surface area contributed by atoms with E-state index in [1.807, 2.05) is 0 Å². The van der Waals surface area contributed by atoms with E-state index in [2.05, 4.69) is 10.5 Å². The summed E-state index contributed by atoms with van der Waals surface area (Å²) in [5.74, 6) is -0.0893. The highest BCUT2D eigenvalue weighted by molar-refractivity contribution is 5.95. The van der Waals surface area contributed by atoms with Gasteiger partial charge in [0.15, 0.2) is 17.2 Å². The second-order valence-corrected chi connectivity index (χ2v) is 3.92. The van der Waals surface area contributed by atoms with Crippen LogP contribution in [0.2, 0.25) is 0 Å². The summed E-state index contributed by atoms with van der Waals surface area (Å²) in [6, 6.07) is 1.48. The highest BCUT2D eigenvalue weighted by atomic mass is 16.5. The molecule has 0 saturated heterocycles. The second-order valence-electron chi connectivity index (χ2n) is 3.92. The molecule has 1 rings (SSSR count). The van der Waals surface area contributed by atoms with Crippen molar-refractivity contribution in [3.63, 3.8) is 0 Å². The van der Waals surface area contributed by atoms with Crippen molar-refractivity contribution in [3.8, 4) is 0 Å². The van der Waals surface area contributed by atoms with Crippen LogP contribution in [-0.4, -0.2) is 30.5 Å². The first kappa shape index (κ1) is 13.4. The number of hydrogen-bond acceptors (Lipinski definition) is 5. The van der Waals surface area contributed by atoms with Crippen molar-refractivity contribution in [2.24, 2.45) is 5.92 Å². The minimum Gasteiger partial charge on any atom is -0.377 e. The average Bonchev–Trinajstić information content (AvgIpc) is 2.74. The van der Waals surface area contributed by atoms with Gasteiger partial charge in [0, 0.05) is 19.1 Å². The molecule has 0 aliphatic carbocycles. The molecular formula is C11H16N2O4. The maximum Gasteiger partial charge on any atom is 0.273 e. The number of Topliss-reactive ketones (excluding diaryl/α,β-unsaturated/α-hetero) is 1. The Morgan fingerprint density at radius 1 is 1.53 bits per heavy atom. The standard InChI is InChI=1S/C11H16N2O4/c1-7(2)10(14)5-12-11(15)9-4-8(6-16-3)17-13-9/h4,7H,5-6H2,1-3H3,(H,12,15). The van der Waals surface area contributed by atoms with Crippen LogP contribution in [0.15, 0.2) is 10.6 Å². The number of carbonyl (C=O) groups excluding carboxylic acids is 2. The van der Waals surface area contributed by atoms with Gasteiger partial charge in [0.05, 0.1) is 6.54 Å². The fraction of sp³-hybridized carbons (Fsp3) is 0.545. The molecule has 0 aliphatic rings. The maximum atomic E-state index is 11.6. The van der Waals surface area contributed by atoms with E-state index < -0.39 is 5.91 Å². The minimum atomic E-state index is -0.426. The molecule has 1 N–H and O–H groups in total. The Labute approximate surface area is 99.3 Å². The van der Waals surface area contributed by atoms with Crippen molar-refractivity contribution < 1.29 is 18.8 Å². The summed E-state index contributed by atoms with van der Waals surface area (Å²) in [6.07, 6.45) is 0. The average molecular weight is 240 g/mol. The van der Waals surface area contributed by atoms with E-state index in [-0.39, 0.29) is 30.5 Å². The Balaban J connectivity index is 2.49. The lowest BCUT2D eigenvalue weighted by Gasteiger charge is -2.04. The summed E-state index contributed by atoms with van der Waals surface area (Å²) in [5, 5.41) is 6.06. The van der Waals surface area contributed by atoms with E-state index in [0.29, 0.717) is 5.76 Å². The predicted octanol–water partition coefficient (Wildman–Crippen LogP) is 0.776. The van der Waals surface area contributed by atoms with Gasteiger partial charge in [-0.1, -0.05) is 19.0 Å². The molecule has 1 amide bonds. The lowest BCUT2D eigenvalue weighted by molar-refractivity contribution is -0.120. The van der Waals surface area contributed by atoms with E-state index in [0.717, 1.165) is 0 Å². The van der Waals surface area contributed by atoms with Gasteiger partial charge >= 0.3 is 0 Å². The third-order valence-electron chi connectivity index (χ3n) is 2.15. The van der Waals surface area contributed by atoms with Crippen molar-refractivity contribution in [2.45, 2.75) is 20.5 Å². The fourth-order valence-corrected chi connectivity index (χ4v) is 1.09. The Morgan fingerprint density at radius 2 is 2.24 bits per heavy atom. The van der Waals surface area contributed by atoms with Gasteiger partial charge in [-0.15, -0.1) is 0 Å². The van der Waals surface area contributed by atoms with Gasteiger partial charge < -0.3 is 14.6 Å². The first-order chi connectivity index (χ1) is 8.04. The predicted molar refractivity (Wildman–Crippen MR) is 59.4 cm³/mol. The van der Waals surface area contributed by atoms with Crippen LogP contribution >= 0.6 is 0 Å². The Kier molecular flexibility index (Phi) is 4.84. The molecule has 6 nitrogen and oxygen atoms in total. The number of amides is 1. The van der Waals surface area contributed by atoms with Gasteiger partial charge in [-0.25, -0.2) is 0 Å². The zero-order valence-corrected chi connectivity index (χ0v) is 10.1. The van der Waals surface area contributed by atoms with Crippen LogP contribution in [0, 0.1) is 5.92 Å². The molecule has 1 aromatic rings. The number of hydrogen-bond donors (Lipinski definition) is 1. The molecule has 0 aliphatic heterocycles. The number of rotatable bonds is 6. The first-order valence-corrected chi connectivity index (χ1v) is 5.30. The number of ketones is 1. The zero-order valence-electron chi connectivity index (χ0n) is 10.1. The second kappa shape index (κ2) is 6.15. The lowest BCUT2D eigenvalue weighted by Crippen LogP contribution is -2.31. The van der Waals surface area contributed by atoms with Crippen LogP contribution in [0.4, 0.5) is 0 Å². The molecule has 0 fully saturated rings. The number of nitrogens with zero attached hydrogens (tertiary/aromatic N) is 1. The van der Waals surface area contributed by atoms with Gasteiger partial charge in [0.1, 0.15) is 6.61 Å². The molecule has 0 unspecified atom stereocenters. The van der Waals surface area contributed by atoms with Crippen LogP contribution in [0.1, 0.15) is 30.1 Å². The zero-order chi connectivity index (χ0) is 12.8. The van der Waals surface area contributed by atoms with Gasteiger partial charge in [-0.2, -0.15) is 0 Å². The van der Waals surface area contributed by atoms with Crippen LogP contribution in [-0.2, 0) is 16.1 Å². The summed E-state index contributed by atoms with van der Waals surface area (Å²) in [4.78, 5) is 22.9. The first-order valence-electron chi connectivity index (χ1n) is 5.30. The summed E-state index contributed by atoms with van der Waals surface area (Å²) >= 11 is 0. The number of aromatic nitrogens is 1. The highest BCUT2D eigenvalue weighted by Crippen LogP contribution is 2.04. The number of carbonyl (C=O) groups is 2. The molecule has 0 bridgehead atoms. The van der Waals surface area contributed by atoms with E-state index in [4.69, 9.17) is 9.26 Å². The molecule has 0 atom stereocenters. The summed E-state index contributed by atoms with van der Waals surface area (Å²) in [7, 11) is 1.52. The monoisotopic (exact) mass is 240 g/mol. The summed E-state index contributed by atoms with van der Waals surface area (Å²) < 4.78 is 9.69. The smallest absolute Gasteiger partial charge is 0.273 e. The van der Waals surface area contributed by atoms with E-state index in [9.17, 15) is 9.59 Å². The third kappa shape index (κ3) is 3.99. The molecule has 1 aromatic heterocycles. The molecular weight excluding hydrogens is 224 g/mol. The molecule has 0 spiro atoms. The van der Waals surface area contributed by atoms with Gasteiger partial charge in [0.2, 0.25) is 0 Å². The van der Waals surface area contributed by atoms with Crippen LogP contribution in [0.5, 0.6) is 0 Å². The largest absolute Gasteiger partial charge is 0.377 e. The minimum absolute atomic E-state index is 0.00295. The normalized spacial score (nSPS) is 10.6. The molecule has 0 radical (unpaired) electrons. The van der Waals surface area contributed by atoms with Crippen LogP contribution in [0.3, 0.4) is 0 Å². The van der Waals surface area contributed by atoms with Crippen molar-refractivity contribution in [1.29, 1.82) is 0 Å². The Hall–Kier alpha value is -1.69. The van der Waals surface area contributed by atoms with Crippen LogP contribution in [0.25, 0.3) is 0 Å². The molecule has 1 heterocycles. The van der Waals surface area contributed by atoms with Crippen LogP contribution < -0.4 is 5.32 Å². The van der Waals surface area contributed by atoms with E-state index in [1.165, 1.54) is 13.2 Å². The van der Waals surface area contributed by atoms with Crippen molar-refractivity contribution >= 4 is 11.7 Å². The van der Waals surface area contributed by atoms with E-state index in [1.54, 1.807) is 13.8 Å². The van der Waals surface area contributed by atoms with Gasteiger partial charge in [0.25, 0.3) is 5.91 Å². The molecule has 6 heteroatoms. The fourth-order valence-electron chi connectivity index (χ4n) is 1.09. The number of methoxy groups -OCH3 is 1. The maximum absolute atomic E-state index is 11.6. The molecule has 0 aromatic carbocycles. The Morgan fingerprint density at radius 3 is 2.82 bits per heavy atom. The molecule has 17 heavy (non-hydrogen) atoms. The van der Waals surface area contributed by atoms with Crippen molar-refractivity contribution in [3.05, 3.63) is 17.5 Å². The summed E-state index contributed by atoms with van der Waals surface area (Å²) in [6.45, 7) is 3.82. The third-order valence-corrected chi connectivity index (χ3v) is 2.15. The quantitative estimate of drug-likeness (QED) is 0.794. The number of nitrogens with one attached hydrogen (secondary N) is 1. The topological polar surface area (TPSA) is 81.4 Å². The number of ether oxygens (including phenoxy) is 1. The van der Waals surface area contributed by atoms with Crippen molar-refractivity contribution in [2.75, 3.05) is 13.7 Å². The van der Waals surface area contributed by atoms with Crippen molar-refractivity contribution in [1.82, 2.24) is 10.5 Å². The van der Waals surface area contributed by atoms with Gasteiger partial charge in [-0.05, 0) is 0 Å². The van der Waals surface area contributed by atoms with Gasteiger partial charge in [-0.3, -0.25) is 9.59 Å². The van der Waals surface area contributed by atoms with E-state index >= 15 is 0 Å². The molecule has 94 valence electrons. The lowest BCUT2D eigenvalue weighted by atomic mass is 10.1. The molecule has 0 saturated carbocycles. The SMILES string of the molecule is COCc1cc(C(=O)NCC(=O)C(C)C)no1. The Bertz CT molecular complexity index is 398. The summed E-state index contributed by atoms with van der Waals surface area (Å²) in [5.41, 5.74) is 0.147. The highest BCUT2D eigenvalue weighted by Gasteiger charge is 2.14.